The van der Waals surface area contributed by atoms with Crippen LogP contribution in [0.15, 0.2) is 54.6 Å². The van der Waals surface area contributed by atoms with Crippen LogP contribution >= 0.6 is 23.2 Å². The molecule has 114 valence electrons. The Morgan fingerprint density at radius 1 is 1.18 bits per heavy atom. The number of ether oxygens (including phenoxy) is 1. The van der Waals surface area contributed by atoms with Gasteiger partial charge in [-0.1, -0.05) is 41.4 Å². The molecular formula is C17H15Cl2NO2. The molecule has 2 aromatic carbocycles. The van der Waals surface area contributed by atoms with Gasteiger partial charge in [-0.15, -0.1) is 0 Å². The van der Waals surface area contributed by atoms with Crippen molar-refractivity contribution in [1.29, 1.82) is 0 Å². The predicted molar refractivity (Wildman–Crippen MR) is 91.1 cm³/mol. The summed E-state index contributed by atoms with van der Waals surface area (Å²) < 4.78 is 4.97. The van der Waals surface area contributed by atoms with Crippen molar-refractivity contribution in [2.75, 3.05) is 11.9 Å². The summed E-state index contributed by atoms with van der Waals surface area (Å²) >= 11 is 12.2. The summed E-state index contributed by atoms with van der Waals surface area (Å²) in [4.78, 5) is 11.8. The maximum atomic E-state index is 11.8. The summed E-state index contributed by atoms with van der Waals surface area (Å²) in [6.45, 7) is 2.06. The SMILES string of the molecule is CCOC(=O)/C=C(\Nc1ccccc1)c1ccc(Cl)cc1Cl. The molecule has 0 fully saturated rings. The molecule has 0 amide bonds. The summed E-state index contributed by atoms with van der Waals surface area (Å²) in [5.41, 5.74) is 2.05. The van der Waals surface area contributed by atoms with E-state index in [0.29, 0.717) is 27.9 Å². The third-order valence-electron chi connectivity index (χ3n) is 2.82. The molecule has 0 saturated heterocycles. The minimum atomic E-state index is -0.438. The quantitative estimate of drug-likeness (QED) is 0.616. The normalized spacial score (nSPS) is 11.1. The second kappa shape index (κ2) is 7.87. The average Bonchev–Trinajstić information content (AvgIpc) is 2.48. The number of hydrogen-bond donors (Lipinski definition) is 1. The highest BCUT2D eigenvalue weighted by atomic mass is 35.5. The smallest absolute Gasteiger partial charge is 0.332 e. The second-order valence-corrected chi connectivity index (χ2v) is 5.27. The summed E-state index contributed by atoms with van der Waals surface area (Å²) in [5.74, 6) is -0.438. The third-order valence-corrected chi connectivity index (χ3v) is 3.37. The molecular weight excluding hydrogens is 321 g/mol. The van der Waals surface area contributed by atoms with E-state index in [4.69, 9.17) is 27.9 Å². The predicted octanol–water partition coefficient (Wildman–Crippen LogP) is 5.01. The summed E-state index contributed by atoms with van der Waals surface area (Å²) in [6, 6.07) is 14.6. The zero-order chi connectivity index (χ0) is 15.9. The van der Waals surface area contributed by atoms with E-state index in [-0.39, 0.29) is 0 Å². The lowest BCUT2D eigenvalue weighted by Gasteiger charge is -2.13. The Morgan fingerprint density at radius 3 is 2.55 bits per heavy atom. The molecule has 0 aromatic heterocycles. The number of para-hydroxylation sites is 1. The van der Waals surface area contributed by atoms with Gasteiger partial charge in [-0.05, 0) is 37.3 Å². The molecule has 0 aliphatic carbocycles. The standard InChI is InChI=1S/C17H15Cl2NO2/c1-2-22-17(21)11-16(20-13-6-4-3-5-7-13)14-9-8-12(18)10-15(14)19/h3-11,20H,2H2,1H3/b16-11-. The van der Waals surface area contributed by atoms with E-state index < -0.39 is 5.97 Å². The average molecular weight is 336 g/mol. The van der Waals surface area contributed by atoms with E-state index in [9.17, 15) is 4.79 Å². The molecule has 1 N–H and O–H groups in total. The van der Waals surface area contributed by atoms with Crippen molar-refractivity contribution in [3.63, 3.8) is 0 Å². The van der Waals surface area contributed by atoms with Gasteiger partial charge in [0.15, 0.2) is 0 Å². The van der Waals surface area contributed by atoms with Crippen LogP contribution in [0.4, 0.5) is 5.69 Å². The Bertz CT molecular complexity index is 684. The molecule has 0 atom stereocenters. The number of esters is 1. The molecule has 2 aromatic rings. The highest BCUT2D eigenvalue weighted by Gasteiger charge is 2.10. The fourth-order valence-corrected chi connectivity index (χ4v) is 2.38. The van der Waals surface area contributed by atoms with Crippen LogP contribution in [0, 0.1) is 0 Å². The zero-order valence-corrected chi connectivity index (χ0v) is 13.5. The van der Waals surface area contributed by atoms with Crippen molar-refractivity contribution in [3.05, 3.63) is 70.2 Å². The first-order valence-electron chi connectivity index (χ1n) is 6.76. The van der Waals surface area contributed by atoms with Gasteiger partial charge in [-0.25, -0.2) is 4.79 Å². The van der Waals surface area contributed by atoms with Gasteiger partial charge in [0.25, 0.3) is 0 Å². The van der Waals surface area contributed by atoms with E-state index in [1.807, 2.05) is 30.3 Å². The topological polar surface area (TPSA) is 38.3 Å². The monoisotopic (exact) mass is 335 g/mol. The fourth-order valence-electron chi connectivity index (χ4n) is 1.87. The number of anilines is 1. The lowest BCUT2D eigenvalue weighted by Crippen LogP contribution is -2.06. The number of carbonyl (C=O) groups excluding carboxylic acids is 1. The van der Waals surface area contributed by atoms with Crippen LogP contribution in [0.3, 0.4) is 0 Å². The van der Waals surface area contributed by atoms with Crippen molar-refractivity contribution < 1.29 is 9.53 Å². The van der Waals surface area contributed by atoms with Crippen LogP contribution < -0.4 is 5.32 Å². The van der Waals surface area contributed by atoms with E-state index in [2.05, 4.69) is 5.32 Å². The Labute approximate surface area is 139 Å². The van der Waals surface area contributed by atoms with Crippen LogP contribution in [-0.4, -0.2) is 12.6 Å². The minimum absolute atomic E-state index is 0.308. The lowest BCUT2D eigenvalue weighted by molar-refractivity contribution is -0.137. The third kappa shape index (κ3) is 4.52. The Kier molecular flexibility index (Phi) is 5.87. The van der Waals surface area contributed by atoms with E-state index in [1.54, 1.807) is 25.1 Å². The molecule has 0 aliphatic heterocycles. The first-order valence-corrected chi connectivity index (χ1v) is 7.51. The molecule has 0 unspecified atom stereocenters. The van der Waals surface area contributed by atoms with Crippen molar-refractivity contribution in [1.82, 2.24) is 0 Å². The Hall–Kier alpha value is -1.97. The van der Waals surface area contributed by atoms with Crippen LogP contribution in [0.5, 0.6) is 0 Å². The highest BCUT2D eigenvalue weighted by Crippen LogP contribution is 2.28. The first-order chi connectivity index (χ1) is 10.6. The van der Waals surface area contributed by atoms with E-state index in [1.165, 1.54) is 6.08 Å². The first kappa shape index (κ1) is 16.4. The van der Waals surface area contributed by atoms with Crippen LogP contribution in [-0.2, 0) is 9.53 Å². The van der Waals surface area contributed by atoms with Crippen molar-refractivity contribution >= 4 is 40.6 Å². The molecule has 22 heavy (non-hydrogen) atoms. The van der Waals surface area contributed by atoms with E-state index in [0.717, 1.165) is 5.69 Å². The number of nitrogens with one attached hydrogen (secondary N) is 1. The Morgan fingerprint density at radius 2 is 1.91 bits per heavy atom. The van der Waals surface area contributed by atoms with Crippen LogP contribution in [0.2, 0.25) is 10.0 Å². The largest absolute Gasteiger partial charge is 0.463 e. The lowest BCUT2D eigenvalue weighted by atomic mass is 10.1. The van der Waals surface area contributed by atoms with Crippen molar-refractivity contribution in [2.24, 2.45) is 0 Å². The number of rotatable bonds is 5. The van der Waals surface area contributed by atoms with Gasteiger partial charge >= 0.3 is 5.97 Å². The van der Waals surface area contributed by atoms with Gasteiger partial charge in [0.2, 0.25) is 0 Å². The molecule has 0 heterocycles. The minimum Gasteiger partial charge on any atom is -0.463 e. The maximum Gasteiger partial charge on any atom is 0.332 e. The van der Waals surface area contributed by atoms with Gasteiger partial charge in [-0.3, -0.25) is 0 Å². The van der Waals surface area contributed by atoms with Gasteiger partial charge < -0.3 is 10.1 Å². The molecule has 2 rings (SSSR count). The molecule has 0 spiro atoms. The summed E-state index contributed by atoms with van der Waals surface area (Å²) in [5, 5.41) is 4.16. The molecule has 3 nitrogen and oxygen atoms in total. The Balaban J connectivity index is 2.38. The fraction of sp³-hybridized carbons (Fsp3) is 0.118. The molecule has 0 radical (unpaired) electrons. The molecule has 5 heteroatoms. The zero-order valence-electron chi connectivity index (χ0n) is 12.0. The summed E-state index contributed by atoms with van der Waals surface area (Å²) in [6.07, 6.45) is 1.38. The second-order valence-electron chi connectivity index (χ2n) is 4.43. The number of hydrogen-bond acceptors (Lipinski definition) is 3. The molecule has 0 saturated carbocycles. The van der Waals surface area contributed by atoms with Crippen molar-refractivity contribution in [3.8, 4) is 0 Å². The molecule has 0 bridgehead atoms. The van der Waals surface area contributed by atoms with Gasteiger partial charge in [0.05, 0.1) is 17.3 Å². The maximum absolute atomic E-state index is 11.8. The highest BCUT2D eigenvalue weighted by molar-refractivity contribution is 6.35. The van der Waals surface area contributed by atoms with Gasteiger partial charge in [-0.2, -0.15) is 0 Å². The van der Waals surface area contributed by atoms with E-state index >= 15 is 0 Å². The van der Waals surface area contributed by atoms with Gasteiger partial charge in [0, 0.05) is 22.3 Å². The van der Waals surface area contributed by atoms with Crippen LogP contribution in [0.1, 0.15) is 12.5 Å². The number of halogens is 2. The van der Waals surface area contributed by atoms with Crippen LogP contribution in [0.25, 0.3) is 5.70 Å². The number of benzene rings is 2. The van der Waals surface area contributed by atoms with Gasteiger partial charge in [0.1, 0.15) is 0 Å². The van der Waals surface area contributed by atoms with Crippen molar-refractivity contribution in [2.45, 2.75) is 6.92 Å². The number of carbonyl (C=O) groups is 1. The molecule has 0 aliphatic rings. The summed E-state index contributed by atoms with van der Waals surface area (Å²) in [7, 11) is 0.